The average Bonchev–Trinajstić information content (AvgIpc) is 3.26. The normalized spacial score (nSPS) is 52.7. The van der Waals surface area contributed by atoms with Crippen LogP contribution in [0.25, 0.3) is 0 Å². The second-order valence-electron chi connectivity index (χ2n) is 23.5. The molecule has 5 aliphatic carbocycles. The first-order valence-corrected chi connectivity index (χ1v) is 24.3. The van der Waals surface area contributed by atoms with E-state index in [1.54, 1.807) is 0 Å². The minimum Gasteiger partial charge on any atom is -0.481 e. The SMILES string of the molecule is CC1(C)CCC2(C(=O)O)CCC3(C)C(=CCC4C5(C)CCC(OC6OC(C(=O)O)C(OC7OC(CO)C(O)C(O)C7O)C(O)C6OC6OC(CO)C(O)C(O)C6O)C(C)(C)C5CCC43C)C2C1. The van der Waals surface area contributed by atoms with Crippen molar-refractivity contribution < 1.29 is 94.2 Å². The highest BCUT2D eigenvalue weighted by atomic mass is 16.8. The number of aliphatic hydroxyl groups is 9. The van der Waals surface area contributed by atoms with E-state index < -0.39 is 134 Å². The number of fused-ring (bicyclic) bond motifs is 7. The predicted octanol–water partition coefficient (Wildman–Crippen LogP) is 0.799. The van der Waals surface area contributed by atoms with E-state index in [0.29, 0.717) is 25.7 Å². The second-order valence-corrected chi connectivity index (χ2v) is 23.5. The molecule has 3 heterocycles. The highest BCUT2D eigenvalue weighted by molar-refractivity contribution is 5.76. The number of ether oxygens (including phenoxy) is 6. The third kappa shape index (κ3) is 8.06. The van der Waals surface area contributed by atoms with Gasteiger partial charge in [-0.3, -0.25) is 4.79 Å². The lowest BCUT2D eigenvalue weighted by Crippen LogP contribution is -2.68. The van der Waals surface area contributed by atoms with Crippen LogP contribution >= 0.6 is 0 Å². The molecule has 0 radical (unpaired) electrons. The summed E-state index contributed by atoms with van der Waals surface area (Å²) in [5.74, 6) is -2.03. The van der Waals surface area contributed by atoms with Gasteiger partial charge in [0.2, 0.25) is 0 Å². The van der Waals surface area contributed by atoms with Gasteiger partial charge in [0.05, 0.1) is 24.7 Å². The summed E-state index contributed by atoms with van der Waals surface area (Å²) in [6.07, 6.45) is -18.1. The summed E-state index contributed by atoms with van der Waals surface area (Å²) in [6, 6.07) is 0. The first kappa shape index (κ1) is 51.4. The maximum absolute atomic E-state index is 13.2. The Hall–Kier alpha value is -1.92. The zero-order chi connectivity index (χ0) is 49.1. The van der Waals surface area contributed by atoms with Crippen LogP contribution in [-0.4, -0.2) is 180 Å². The first-order chi connectivity index (χ1) is 31.2. The quantitative estimate of drug-likeness (QED) is 0.107. The molecule has 0 aromatic carbocycles. The molecule has 0 spiro atoms. The molecule has 19 nitrogen and oxygen atoms in total. The topological polar surface area (TPSA) is 312 Å². The summed E-state index contributed by atoms with van der Waals surface area (Å²) in [5.41, 5.74) is -0.557. The highest BCUT2D eigenvalue weighted by Crippen LogP contribution is 2.76. The Kier molecular flexibility index (Phi) is 13.8. The van der Waals surface area contributed by atoms with Crippen molar-refractivity contribution in [2.75, 3.05) is 13.2 Å². The van der Waals surface area contributed by atoms with Gasteiger partial charge in [-0.1, -0.05) is 60.1 Å². The fourth-order valence-electron chi connectivity index (χ4n) is 15.1. The Morgan fingerprint density at radius 2 is 1.19 bits per heavy atom. The van der Waals surface area contributed by atoms with Crippen LogP contribution in [0, 0.1) is 50.2 Å². The van der Waals surface area contributed by atoms with Crippen LogP contribution in [0.2, 0.25) is 0 Å². The number of carboxylic acid groups (broad SMARTS) is 2. The van der Waals surface area contributed by atoms with Crippen LogP contribution in [0.4, 0.5) is 0 Å². The van der Waals surface area contributed by atoms with Crippen molar-refractivity contribution in [2.45, 2.75) is 211 Å². The minimum absolute atomic E-state index is 0.0304. The maximum atomic E-state index is 13.2. The monoisotopic (exact) mass is 956 g/mol. The number of allylic oxidation sites excluding steroid dienone is 2. The van der Waals surface area contributed by atoms with E-state index in [-0.39, 0.29) is 39.4 Å². The van der Waals surface area contributed by atoms with Gasteiger partial charge >= 0.3 is 11.9 Å². The van der Waals surface area contributed by atoms with Gasteiger partial charge in [-0.15, -0.1) is 0 Å². The van der Waals surface area contributed by atoms with E-state index in [9.17, 15) is 65.8 Å². The molecule has 3 aliphatic heterocycles. The smallest absolute Gasteiger partial charge is 0.335 e. The number of carboxylic acids is 2. The van der Waals surface area contributed by atoms with Crippen molar-refractivity contribution in [1.29, 1.82) is 0 Å². The van der Waals surface area contributed by atoms with E-state index >= 15 is 0 Å². The van der Waals surface area contributed by atoms with Gasteiger partial charge in [0, 0.05) is 0 Å². The Bertz CT molecular complexity index is 1870. The van der Waals surface area contributed by atoms with Crippen LogP contribution in [-0.2, 0) is 38.0 Å². The summed E-state index contributed by atoms with van der Waals surface area (Å²) in [4.78, 5) is 26.2. The first-order valence-electron chi connectivity index (χ1n) is 24.3. The van der Waals surface area contributed by atoms with E-state index in [4.69, 9.17) is 28.4 Å². The van der Waals surface area contributed by atoms with Crippen LogP contribution < -0.4 is 0 Å². The summed E-state index contributed by atoms with van der Waals surface area (Å²) in [6.45, 7) is 14.3. The number of aliphatic carboxylic acids is 2. The van der Waals surface area contributed by atoms with E-state index in [1.807, 2.05) is 0 Å². The zero-order valence-electron chi connectivity index (χ0n) is 39.7. The summed E-state index contributed by atoms with van der Waals surface area (Å²) < 4.78 is 36.0. The predicted molar refractivity (Wildman–Crippen MR) is 231 cm³/mol. The van der Waals surface area contributed by atoms with E-state index in [0.717, 1.165) is 38.5 Å². The Balaban J connectivity index is 1.08. The second kappa shape index (κ2) is 18.0. The lowest BCUT2D eigenvalue weighted by Gasteiger charge is -2.71. The van der Waals surface area contributed by atoms with E-state index in [1.165, 1.54) is 5.57 Å². The molecule has 23 atom stereocenters. The fourth-order valence-corrected chi connectivity index (χ4v) is 15.1. The Morgan fingerprint density at radius 1 is 0.627 bits per heavy atom. The third-order valence-electron chi connectivity index (χ3n) is 19.3. The van der Waals surface area contributed by atoms with Crippen LogP contribution in [0.1, 0.15) is 113 Å². The van der Waals surface area contributed by atoms with Crippen LogP contribution in [0.3, 0.4) is 0 Å². The van der Waals surface area contributed by atoms with Gasteiger partial charge in [0.15, 0.2) is 25.0 Å². The molecule has 8 aliphatic rings. The van der Waals surface area contributed by atoms with Gasteiger partial charge in [0.1, 0.15) is 67.1 Å². The lowest BCUT2D eigenvalue weighted by molar-refractivity contribution is -0.391. The molecule has 23 unspecified atom stereocenters. The van der Waals surface area contributed by atoms with Crippen LogP contribution in [0.5, 0.6) is 0 Å². The summed E-state index contributed by atoms with van der Waals surface area (Å²) >= 11 is 0. The highest BCUT2D eigenvalue weighted by Gasteiger charge is 2.70. The summed E-state index contributed by atoms with van der Waals surface area (Å²) in [5, 5.41) is 117. The zero-order valence-corrected chi connectivity index (χ0v) is 39.7. The van der Waals surface area contributed by atoms with Crippen molar-refractivity contribution >= 4 is 11.9 Å². The molecule has 0 bridgehead atoms. The summed E-state index contributed by atoms with van der Waals surface area (Å²) in [7, 11) is 0. The minimum atomic E-state index is -2.05. The molecule has 382 valence electrons. The largest absolute Gasteiger partial charge is 0.481 e. The molecule has 11 N–H and O–H groups in total. The molecule has 8 rings (SSSR count). The van der Waals surface area contributed by atoms with Crippen molar-refractivity contribution in [3.63, 3.8) is 0 Å². The number of hydrogen-bond acceptors (Lipinski definition) is 17. The number of hydrogen-bond donors (Lipinski definition) is 11. The van der Waals surface area contributed by atoms with Gasteiger partial charge in [0.25, 0.3) is 0 Å². The van der Waals surface area contributed by atoms with Gasteiger partial charge in [-0.2, -0.15) is 0 Å². The Morgan fingerprint density at radius 3 is 1.75 bits per heavy atom. The molecule has 0 aromatic heterocycles. The molecule has 67 heavy (non-hydrogen) atoms. The third-order valence-corrected chi connectivity index (χ3v) is 19.3. The Labute approximate surface area is 391 Å². The van der Waals surface area contributed by atoms with Gasteiger partial charge < -0.3 is 84.6 Å². The molecular formula is C48H76O19. The number of aliphatic hydroxyl groups excluding tert-OH is 9. The van der Waals surface area contributed by atoms with Crippen molar-refractivity contribution in [3.8, 4) is 0 Å². The van der Waals surface area contributed by atoms with Crippen molar-refractivity contribution in [2.24, 2.45) is 50.2 Å². The van der Waals surface area contributed by atoms with Crippen LogP contribution in [0.15, 0.2) is 11.6 Å². The van der Waals surface area contributed by atoms with Crippen molar-refractivity contribution in [3.05, 3.63) is 11.6 Å². The van der Waals surface area contributed by atoms with E-state index in [2.05, 4.69) is 54.5 Å². The standard InChI is InChI=1S/C48H76O19/c1-43(2)14-16-48(42(60)61)17-15-46(6)21(22(48)18-43)8-9-26-45(5)12-11-27(44(3,4)25(45)10-13-47(26,46)7)64-41-36(66-40-33(56)31(54)29(52)24(20-50)63-40)34(57)35(37(67-41)38(58)59)65-39-32(55)30(53)28(51)23(19-49)62-39/h8,22-37,39-41,49-57H,9-20H2,1-7H3,(H,58,59)(H,60,61). The van der Waals surface area contributed by atoms with Crippen molar-refractivity contribution in [1.82, 2.24) is 0 Å². The fraction of sp³-hybridized carbons (Fsp3) is 0.917. The van der Waals surface area contributed by atoms with Gasteiger partial charge in [-0.25, -0.2) is 4.79 Å². The molecule has 19 heteroatoms. The molecule has 7 fully saturated rings. The molecule has 3 saturated heterocycles. The maximum Gasteiger partial charge on any atom is 0.335 e. The number of carbonyl (C=O) groups is 2. The number of rotatable bonds is 10. The molecule has 4 saturated carbocycles. The molecule has 0 amide bonds. The van der Waals surface area contributed by atoms with Gasteiger partial charge in [-0.05, 0) is 109 Å². The molecular weight excluding hydrogens is 881 g/mol. The molecule has 0 aromatic rings. The lowest BCUT2D eigenvalue weighted by atomic mass is 9.33. The average molecular weight is 957 g/mol.